The van der Waals surface area contributed by atoms with Gasteiger partial charge in [-0.15, -0.1) is 11.8 Å². The molecule has 0 fully saturated rings. The van der Waals surface area contributed by atoms with Crippen LogP contribution in [0.25, 0.3) is 0 Å². The van der Waals surface area contributed by atoms with Crippen LogP contribution >= 0.6 is 11.8 Å². The highest BCUT2D eigenvalue weighted by Gasteiger charge is 2.26. The molecular formula is C24H31N3O5S. The molecule has 2 amide bonds. The van der Waals surface area contributed by atoms with Crippen molar-refractivity contribution in [1.29, 1.82) is 0 Å². The van der Waals surface area contributed by atoms with Gasteiger partial charge >= 0.3 is 0 Å². The molecule has 0 radical (unpaired) electrons. The van der Waals surface area contributed by atoms with Gasteiger partial charge < -0.3 is 15.0 Å². The highest BCUT2D eigenvalue weighted by Crippen LogP contribution is 2.19. The van der Waals surface area contributed by atoms with Gasteiger partial charge in [-0.2, -0.15) is 0 Å². The summed E-state index contributed by atoms with van der Waals surface area (Å²) >= 11 is 1.41. The highest BCUT2D eigenvalue weighted by molar-refractivity contribution is 7.99. The van der Waals surface area contributed by atoms with E-state index in [-0.39, 0.29) is 23.3 Å². The van der Waals surface area contributed by atoms with Gasteiger partial charge in [-0.3, -0.25) is 19.7 Å². The molecule has 2 aromatic rings. The molecule has 8 nitrogen and oxygen atoms in total. The first-order chi connectivity index (χ1) is 15.7. The zero-order valence-corrected chi connectivity index (χ0v) is 20.3. The Morgan fingerprint density at radius 3 is 2.21 bits per heavy atom. The zero-order chi connectivity index (χ0) is 24.4. The second-order valence-electron chi connectivity index (χ2n) is 8.10. The Morgan fingerprint density at radius 1 is 1.06 bits per heavy atom. The SMILES string of the molecule is COc1ccc(CN(C(=O)CSCc2ccc([N+](=O)[O-])cc2)[C@H](C)C(=O)NCC(C)C)cc1. The minimum atomic E-state index is -0.627. The zero-order valence-electron chi connectivity index (χ0n) is 19.4. The number of thioether (sulfide) groups is 1. The first-order valence-electron chi connectivity index (χ1n) is 10.7. The second kappa shape index (κ2) is 12.8. The van der Waals surface area contributed by atoms with Crippen molar-refractivity contribution in [2.75, 3.05) is 19.4 Å². The Balaban J connectivity index is 2.05. The summed E-state index contributed by atoms with van der Waals surface area (Å²) in [5.74, 6) is 1.42. The number of carbonyl (C=O) groups is 2. The smallest absolute Gasteiger partial charge is 0.269 e. The van der Waals surface area contributed by atoms with Crippen LogP contribution < -0.4 is 10.1 Å². The number of nitro groups is 1. The second-order valence-corrected chi connectivity index (χ2v) is 9.09. The van der Waals surface area contributed by atoms with Crippen molar-refractivity contribution in [2.24, 2.45) is 5.92 Å². The predicted molar refractivity (Wildman–Crippen MR) is 130 cm³/mol. The topological polar surface area (TPSA) is 102 Å². The molecule has 33 heavy (non-hydrogen) atoms. The standard InChI is InChI=1S/C24H31N3O5S/c1-17(2)13-25-24(29)18(3)26(14-19-7-11-22(32-4)12-8-19)23(28)16-33-15-20-5-9-21(10-6-20)27(30)31/h5-12,17-18H,13-16H2,1-4H3,(H,25,29)/t18-/m1/s1. The number of hydrogen-bond acceptors (Lipinski definition) is 6. The Kier molecular flexibility index (Phi) is 10.2. The third-order valence-electron chi connectivity index (χ3n) is 5.01. The van der Waals surface area contributed by atoms with Gasteiger partial charge in [-0.05, 0) is 36.1 Å². The number of hydrogen-bond donors (Lipinski definition) is 1. The van der Waals surface area contributed by atoms with Gasteiger partial charge in [0.05, 0.1) is 17.8 Å². The Labute approximate surface area is 198 Å². The minimum absolute atomic E-state index is 0.0340. The maximum absolute atomic E-state index is 13.1. The average molecular weight is 474 g/mol. The lowest BCUT2D eigenvalue weighted by Crippen LogP contribution is -2.48. The molecule has 0 unspecified atom stereocenters. The van der Waals surface area contributed by atoms with Crippen molar-refractivity contribution in [3.63, 3.8) is 0 Å². The Morgan fingerprint density at radius 2 is 1.67 bits per heavy atom. The number of carbonyl (C=O) groups excluding carboxylic acids is 2. The number of ether oxygens (including phenoxy) is 1. The maximum atomic E-state index is 13.1. The van der Waals surface area contributed by atoms with E-state index in [0.717, 1.165) is 16.9 Å². The van der Waals surface area contributed by atoms with E-state index in [1.54, 1.807) is 31.1 Å². The summed E-state index contributed by atoms with van der Waals surface area (Å²) in [6.45, 7) is 6.61. The van der Waals surface area contributed by atoms with E-state index >= 15 is 0 Å². The summed E-state index contributed by atoms with van der Waals surface area (Å²) in [6, 6.07) is 13.1. The van der Waals surface area contributed by atoms with E-state index in [1.165, 1.54) is 23.9 Å². The molecule has 0 aliphatic carbocycles. The van der Waals surface area contributed by atoms with Crippen LogP contribution in [0.3, 0.4) is 0 Å². The van der Waals surface area contributed by atoms with E-state index in [0.29, 0.717) is 24.8 Å². The fourth-order valence-corrected chi connectivity index (χ4v) is 3.89. The summed E-state index contributed by atoms with van der Waals surface area (Å²) in [6.07, 6.45) is 0. The van der Waals surface area contributed by atoms with Crippen LogP contribution in [0.1, 0.15) is 31.9 Å². The van der Waals surface area contributed by atoms with Gasteiger partial charge in [-0.25, -0.2) is 0 Å². The summed E-state index contributed by atoms with van der Waals surface area (Å²) in [5, 5.41) is 13.7. The summed E-state index contributed by atoms with van der Waals surface area (Å²) < 4.78 is 5.19. The quantitative estimate of drug-likeness (QED) is 0.369. The van der Waals surface area contributed by atoms with Crippen LogP contribution in [0.5, 0.6) is 5.75 Å². The normalized spacial score (nSPS) is 11.7. The van der Waals surface area contributed by atoms with Crippen LogP contribution in [0.15, 0.2) is 48.5 Å². The van der Waals surface area contributed by atoms with Crippen molar-refractivity contribution < 1.29 is 19.2 Å². The predicted octanol–water partition coefficient (Wildman–Crippen LogP) is 4.03. The molecule has 1 atom stereocenters. The molecule has 0 aromatic heterocycles. The number of methoxy groups -OCH3 is 1. The van der Waals surface area contributed by atoms with Gasteiger partial charge in [0.2, 0.25) is 11.8 Å². The molecule has 0 heterocycles. The van der Waals surface area contributed by atoms with E-state index < -0.39 is 11.0 Å². The van der Waals surface area contributed by atoms with Gasteiger partial charge in [0.15, 0.2) is 0 Å². The highest BCUT2D eigenvalue weighted by atomic mass is 32.2. The van der Waals surface area contributed by atoms with Crippen LogP contribution in [-0.2, 0) is 21.9 Å². The fraction of sp³-hybridized carbons (Fsp3) is 0.417. The third-order valence-corrected chi connectivity index (χ3v) is 5.99. The molecule has 0 saturated heterocycles. The van der Waals surface area contributed by atoms with E-state index in [4.69, 9.17) is 4.74 Å². The number of benzene rings is 2. The molecule has 0 aliphatic heterocycles. The molecule has 0 bridgehead atoms. The van der Waals surface area contributed by atoms with E-state index in [2.05, 4.69) is 5.32 Å². The molecule has 9 heteroatoms. The van der Waals surface area contributed by atoms with Crippen molar-refractivity contribution in [3.05, 3.63) is 69.8 Å². The van der Waals surface area contributed by atoms with Crippen LogP contribution in [0.2, 0.25) is 0 Å². The van der Waals surface area contributed by atoms with Crippen LogP contribution in [0, 0.1) is 16.0 Å². The van der Waals surface area contributed by atoms with Gasteiger partial charge in [0.1, 0.15) is 11.8 Å². The molecule has 2 rings (SSSR count). The Bertz CT molecular complexity index is 932. The van der Waals surface area contributed by atoms with E-state index in [1.807, 2.05) is 38.1 Å². The number of nitrogens with zero attached hydrogens (tertiary/aromatic N) is 2. The molecule has 0 saturated carbocycles. The van der Waals surface area contributed by atoms with Crippen molar-refractivity contribution in [1.82, 2.24) is 10.2 Å². The Hall–Kier alpha value is -3.07. The largest absolute Gasteiger partial charge is 0.497 e. The molecule has 0 aliphatic rings. The maximum Gasteiger partial charge on any atom is 0.269 e. The van der Waals surface area contributed by atoms with E-state index in [9.17, 15) is 19.7 Å². The summed E-state index contributed by atoms with van der Waals surface area (Å²) in [7, 11) is 1.59. The first-order valence-corrected chi connectivity index (χ1v) is 11.9. The lowest BCUT2D eigenvalue weighted by Gasteiger charge is -2.29. The summed E-state index contributed by atoms with van der Waals surface area (Å²) in [4.78, 5) is 37.7. The molecule has 178 valence electrons. The lowest BCUT2D eigenvalue weighted by atomic mass is 10.1. The summed E-state index contributed by atoms with van der Waals surface area (Å²) in [5.41, 5.74) is 1.82. The average Bonchev–Trinajstić information content (AvgIpc) is 2.81. The van der Waals surface area contributed by atoms with Crippen molar-refractivity contribution in [2.45, 2.75) is 39.1 Å². The van der Waals surface area contributed by atoms with Crippen LogP contribution in [0.4, 0.5) is 5.69 Å². The number of nitro benzene ring substituents is 1. The van der Waals surface area contributed by atoms with Crippen molar-refractivity contribution in [3.8, 4) is 5.75 Å². The monoisotopic (exact) mass is 473 g/mol. The number of non-ortho nitro benzene ring substituents is 1. The first kappa shape index (κ1) is 26.2. The minimum Gasteiger partial charge on any atom is -0.497 e. The fourth-order valence-electron chi connectivity index (χ4n) is 3.02. The number of nitrogens with one attached hydrogen (secondary N) is 1. The van der Waals surface area contributed by atoms with Crippen LogP contribution in [-0.4, -0.2) is 47.1 Å². The lowest BCUT2D eigenvalue weighted by molar-refractivity contribution is -0.384. The van der Waals surface area contributed by atoms with Gasteiger partial charge in [0.25, 0.3) is 5.69 Å². The molecule has 0 spiro atoms. The molecule has 2 aromatic carbocycles. The number of amides is 2. The molecular weight excluding hydrogens is 442 g/mol. The van der Waals surface area contributed by atoms with Gasteiger partial charge in [0, 0.05) is 31.0 Å². The van der Waals surface area contributed by atoms with Crippen molar-refractivity contribution >= 4 is 29.3 Å². The van der Waals surface area contributed by atoms with Gasteiger partial charge in [-0.1, -0.05) is 38.1 Å². The third kappa shape index (κ3) is 8.42. The molecule has 1 N–H and O–H groups in total. The number of rotatable bonds is 12.